The minimum absolute atomic E-state index is 0.183. The van der Waals surface area contributed by atoms with Gasteiger partial charge >= 0.3 is 0 Å². The van der Waals surface area contributed by atoms with Gasteiger partial charge in [0.2, 0.25) is 0 Å². The Morgan fingerprint density at radius 1 is 1.14 bits per heavy atom. The van der Waals surface area contributed by atoms with Crippen molar-refractivity contribution in [3.05, 3.63) is 0 Å². The van der Waals surface area contributed by atoms with Gasteiger partial charge in [-0.3, -0.25) is 0 Å². The second-order valence-electron chi connectivity index (χ2n) is 5.07. The van der Waals surface area contributed by atoms with Crippen molar-refractivity contribution in [2.24, 2.45) is 11.8 Å². The van der Waals surface area contributed by atoms with Gasteiger partial charge in [-0.05, 0) is 31.1 Å². The van der Waals surface area contributed by atoms with Crippen molar-refractivity contribution in [3.63, 3.8) is 0 Å². The maximum absolute atomic E-state index is 12.6. The van der Waals surface area contributed by atoms with Crippen molar-refractivity contribution in [1.29, 1.82) is 0 Å². The van der Waals surface area contributed by atoms with Crippen LogP contribution in [-0.4, -0.2) is 18.5 Å². The summed E-state index contributed by atoms with van der Waals surface area (Å²) in [6.07, 6.45) is 3.32. The van der Waals surface area contributed by atoms with Crippen molar-refractivity contribution < 1.29 is 8.78 Å². The number of nitrogens with one attached hydrogen (secondary N) is 1. The van der Waals surface area contributed by atoms with Gasteiger partial charge in [0.1, 0.15) is 0 Å². The van der Waals surface area contributed by atoms with Crippen LogP contribution in [0.1, 0.15) is 40.0 Å². The van der Waals surface area contributed by atoms with E-state index in [9.17, 15) is 8.78 Å². The Balaban J connectivity index is 2.30. The van der Waals surface area contributed by atoms with Crippen molar-refractivity contribution in [2.45, 2.75) is 52.0 Å². The summed E-state index contributed by atoms with van der Waals surface area (Å²) in [7, 11) is 0. The Kier molecular flexibility index (Phi) is 3.87. The predicted octanol–water partition coefficient (Wildman–Crippen LogP) is 3.06. The van der Waals surface area contributed by atoms with Crippen LogP contribution >= 0.6 is 0 Å². The molecule has 2 atom stereocenters. The molecule has 0 amide bonds. The standard InChI is InChI=1S/C11H21F2N/c1-8-4-9(2)6-10(5-8)14-7-11(3,12)13/h8-10,14H,4-7H2,1-3H3. The summed E-state index contributed by atoms with van der Waals surface area (Å²) in [6.45, 7) is 5.19. The highest BCUT2D eigenvalue weighted by Crippen LogP contribution is 2.28. The van der Waals surface area contributed by atoms with Gasteiger partial charge in [-0.25, -0.2) is 8.78 Å². The number of hydrogen-bond donors (Lipinski definition) is 1. The molecule has 14 heavy (non-hydrogen) atoms. The van der Waals surface area contributed by atoms with Crippen LogP contribution in [0.3, 0.4) is 0 Å². The molecule has 1 aliphatic rings. The molecule has 84 valence electrons. The SMILES string of the molecule is CC1CC(C)CC(NCC(C)(F)F)C1. The maximum atomic E-state index is 12.6. The van der Waals surface area contributed by atoms with Crippen LogP contribution in [0.25, 0.3) is 0 Å². The molecule has 0 bridgehead atoms. The molecular formula is C11H21F2N. The predicted molar refractivity (Wildman–Crippen MR) is 54.6 cm³/mol. The summed E-state index contributed by atoms with van der Waals surface area (Å²) < 4.78 is 25.2. The first-order valence-electron chi connectivity index (χ1n) is 5.48. The monoisotopic (exact) mass is 205 g/mol. The highest BCUT2D eigenvalue weighted by Gasteiger charge is 2.27. The summed E-state index contributed by atoms with van der Waals surface area (Å²) in [4.78, 5) is 0. The van der Waals surface area contributed by atoms with Crippen LogP contribution in [0.4, 0.5) is 8.78 Å². The molecule has 1 nitrogen and oxygen atoms in total. The Morgan fingerprint density at radius 3 is 2.07 bits per heavy atom. The van der Waals surface area contributed by atoms with Gasteiger partial charge in [-0.15, -0.1) is 0 Å². The van der Waals surface area contributed by atoms with Crippen LogP contribution in [0.5, 0.6) is 0 Å². The zero-order valence-electron chi connectivity index (χ0n) is 9.32. The fourth-order valence-electron chi connectivity index (χ4n) is 2.44. The van der Waals surface area contributed by atoms with Crippen molar-refractivity contribution in [3.8, 4) is 0 Å². The highest BCUT2D eigenvalue weighted by atomic mass is 19.3. The minimum atomic E-state index is -2.58. The van der Waals surface area contributed by atoms with Gasteiger partial charge in [0.05, 0.1) is 6.54 Å². The highest BCUT2D eigenvalue weighted by molar-refractivity contribution is 4.80. The van der Waals surface area contributed by atoms with E-state index < -0.39 is 5.92 Å². The lowest BCUT2D eigenvalue weighted by atomic mass is 9.80. The zero-order valence-corrected chi connectivity index (χ0v) is 9.32. The first-order chi connectivity index (χ1) is 6.37. The fraction of sp³-hybridized carbons (Fsp3) is 1.00. The molecule has 2 unspecified atom stereocenters. The molecule has 1 rings (SSSR count). The van der Waals surface area contributed by atoms with Crippen molar-refractivity contribution >= 4 is 0 Å². The van der Waals surface area contributed by atoms with Gasteiger partial charge in [0, 0.05) is 13.0 Å². The number of halogens is 2. The van der Waals surface area contributed by atoms with E-state index in [4.69, 9.17) is 0 Å². The Labute approximate surface area is 85.3 Å². The summed E-state index contributed by atoms with van der Waals surface area (Å²) in [5, 5.41) is 2.97. The normalized spacial score (nSPS) is 34.5. The molecule has 0 saturated heterocycles. The van der Waals surface area contributed by atoms with Gasteiger partial charge in [-0.2, -0.15) is 0 Å². The lowest BCUT2D eigenvalue weighted by molar-refractivity contribution is 0.0168. The first-order valence-corrected chi connectivity index (χ1v) is 5.48. The molecule has 1 fully saturated rings. The van der Waals surface area contributed by atoms with E-state index in [1.54, 1.807) is 0 Å². The van der Waals surface area contributed by atoms with E-state index in [2.05, 4.69) is 19.2 Å². The summed E-state index contributed by atoms with van der Waals surface area (Å²) in [5.74, 6) is -1.24. The van der Waals surface area contributed by atoms with Crippen molar-refractivity contribution in [1.82, 2.24) is 5.32 Å². The molecule has 1 N–H and O–H groups in total. The Morgan fingerprint density at radius 2 is 1.64 bits per heavy atom. The quantitative estimate of drug-likeness (QED) is 0.746. The third-order valence-corrected chi connectivity index (χ3v) is 2.88. The smallest absolute Gasteiger partial charge is 0.257 e. The molecular weight excluding hydrogens is 184 g/mol. The van der Waals surface area contributed by atoms with E-state index in [1.165, 1.54) is 6.42 Å². The van der Waals surface area contributed by atoms with E-state index in [-0.39, 0.29) is 6.54 Å². The molecule has 0 spiro atoms. The molecule has 1 saturated carbocycles. The topological polar surface area (TPSA) is 12.0 Å². The lowest BCUT2D eigenvalue weighted by Gasteiger charge is -2.32. The number of alkyl halides is 2. The number of hydrogen-bond acceptors (Lipinski definition) is 1. The second kappa shape index (κ2) is 4.56. The molecule has 0 aromatic heterocycles. The third kappa shape index (κ3) is 4.36. The maximum Gasteiger partial charge on any atom is 0.257 e. The van der Waals surface area contributed by atoms with Crippen molar-refractivity contribution in [2.75, 3.05) is 6.54 Å². The van der Waals surface area contributed by atoms with Crippen LogP contribution in [0, 0.1) is 11.8 Å². The number of rotatable bonds is 3. The second-order valence-corrected chi connectivity index (χ2v) is 5.07. The van der Waals surface area contributed by atoms with Gasteiger partial charge < -0.3 is 5.32 Å². The van der Waals surface area contributed by atoms with Crippen LogP contribution in [-0.2, 0) is 0 Å². The summed E-state index contributed by atoms with van der Waals surface area (Å²) in [5.41, 5.74) is 0. The average Bonchev–Trinajstić information content (AvgIpc) is 1.97. The summed E-state index contributed by atoms with van der Waals surface area (Å²) >= 11 is 0. The minimum Gasteiger partial charge on any atom is -0.308 e. The molecule has 0 aromatic carbocycles. The van der Waals surface area contributed by atoms with E-state index in [0.717, 1.165) is 19.8 Å². The molecule has 0 radical (unpaired) electrons. The van der Waals surface area contributed by atoms with Crippen LogP contribution < -0.4 is 5.32 Å². The van der Waals surface area contributed by atoms with Crippen LogP contribution in [0.2, 0.25) is 0 Å². The first kappa shape index (κ1) is 11.9. The van der Waals surface area contributed by atoms with E-state index >= 15 is 0 Å². The average molecular weight is 205 g/mol. The van der Waals surface area contributed by atoms with Gasteiger partial charge in [0.15, 0.2) is 0 Å². The van der Waals surface area contributed by atoms with Crippen LogP contribution in [0.15, 0.2) is 0 Å². The fourth-order valence-corrected chi connectivity index (χ4v) is 2.44. The zero-order chi connectivity index (χ0) is 10.8. The third-order valence-electron chi connectivity index (χ3n) is 2.88. The van der Waals surface area contributed by atoms with Gasteiger partial charge in [-0.1, -0.05) is 13.8 Å². The molecule has 0 aliphatic heterocycles. The molecule has 3 heteroatoms. The largest absolute Gasteiger partial charge is 0.308 e. The van der Waals surface area contributed by atoms with Gasteiger partial charge in [0.25, 0.3) is 5.92 Å². The molecule has 1 aliphatic carbocycles. The van der Waals surface area contributed by atoms with E-state index in [0.29, 0.717) is 17.9 Å². The lowest BCUT2D eigenvalue weighted by Crippen LogP contribution is -2.41. The Bertz CT molecular complexity index is 167. The molecule has 0 heterocycles. The van der Waals surface area contributed by atoms with E-state index in [1.807, 2.05) is 0 Å². The summed E-state index contributed by atoms with van der Waals surface area (Å²) in [6, 6.07) is 0.291. The Hall–Kier alpha value is -0.180. The molecule has 0 aromatic rings.